The van der Waals surface area contributed by atoms with Crippen molar-refractivity contribution in [3.63, 3.8) is 0 Å². The first-order valence-electron chi connectivity index (χ1n) is 17.9. The molecule has 2 heteroatoms. The Morgan fingerprint density at radius 3 is 1.92 bits per heavy atom. The average Bonchev–Trinajstić information content (AvgIpc) is 3.64. The molecule has 0 aliphatic heterocycles. The van der Waals surface area contributed by atoms with Crippen LogP contribution in [0, 0.1) is 0 Å². The molecule has 1 aliphatic rings. The van der Waals surface area contributed by atoms with Crippen LogP contribution in [0.3, 0.4) is 0 Å². The number of hydrogen-bond acceptors (Lipinski definition) is 2. The molecular formula is C49H41NS. The van der Waals surface area contributed by atoms with Crippen molar-refractivity contribution >= 4 is 48.6 Å². The summed E-state index contributed by atoms with van der Waals surface area (Å²) in [7, 11) is 0. The summed E-state index contributed by atoms with van der Waals surface area (Å²) < 4.78 is 2.68. The molecule has 0 saturated carbocycles. The third-order valence-electron chi connectivity index (χ3n) is 10.8. The molecule has 0 unspecified atom stereocenters. The van der Waals surface area contributed by atoms with Gasteiger partial charge in [0.05, 0.1) is 0 Å². The molecule has 0 bridgehead atoms. The number of benzene rings is 7. The second-order valence-corrected chi connectivity index (χ2v) is 16.5. The van der Waals surface area contributed by atoms with Gasteiger partial charge in [-0.25, -0.2) is 0 Å². The van der Waals surface area contributed by atoms with Crippen LogP contribution in [0.2, 0.25) is 0 Å². The fraction of sp³-hybridized carbons (Fsp3) is 0.143. The molecular weight excluding hydrogens is 635 g/mol. The van der Waals surface area contributed by atoms with Crippen molar-refractivity contribution in [2.24, 2.45) is 0 Å². The Labute approximate surface area is 305 Å². The maximum absolute atomic E-state index is 2.48. The van der Waals surface area contributed by atoms with Gasteiger partial charge in [0.2, 0.25) is 0 Å². The van der Waals surface area contributed by atoms with Gasteiger partial charge in [-0.1, -0.05) is 150 Å². The number of anilines is 3. The van der Waals surface area contributed by atoms with E-state index in [1.54, 1.807) is 0 Å². The predicted molar refractivity (Wildman–Crippen MR) is 221 cm³/mol. The van der Waals surface area contributed by atoms with Crippen molar-refractivity contribution in [1.29, 1.82) is 0 Å². The van der Waals surface area contributed by atoms with Crippen molar-refractivity contribution in [2.75, 3.05) is 4.90 Å². The molecule has 1 nitrogen and oxygen atoms in total. The van der Waals surface area contributed by atoms with Crippen LogP contribution < -0.4 is 4.90 Å². The van der Waals surface area contributed by atoms with Crippen molar-refractivity contribution in [2.45, 2.75) is 45.4 Å². The van der Waals surface area contributed by atoms with Gasteiger partial charge < -0.3 is 4.90 Å². The second kappa shape index (κ2) is 11.8. The van der Waals surface area contributed by atoms with Crippen molar-refractivity contribution in [3.05, 3.63) is 174 Å². The molecule has 0 amide bonds. The third kappa shape index (κ3) is 5.20. The monoisotopic (exact) mass is 675 g/mol. The van der Waals surface area contributed by atoms with Gasteiger partial charge in [-0.15, -0.1) is 11.3 Å². The Kier molecular flexibility index (Phi) is 7.31. The van der Waals surface area contributed by atoms with Crippen LogP contribution in [0.5, 0.6) is 0 Å². The molecule has 0 saturated heterocycles. The van der Waals surface area contributed by atoms with Gasteiger partial charge in [0.15, 0.2) is 0 Å². The van der Waals surface area contributed by atoms with E-state index in [0.29, 0.717) is 0 Å². The fourth-order valence-electron chi connectivity index (χ4n) is 8.17. The Balaban J connectivity index is 1.24. The molecule has 1 aliphatic carbocycles. The van der Waals surface area contributed by atoms with Crippen LogP contribution in [-0.4, -0.2) is 0 Å². The highest BCUT2D eigenvalue weighted by Crippen LogP contribution is 2.52. The molecule has 51 heavy (non-hydrogen) atoms. The van der Waals surface area contributed by atoms with Crippen LogP contribution >= 0.6 is 11.3 Å². The highest BCUT2D eigenvalue weighted by atomic mass is 32.1. The Bertz CT molecular complexity index is 2580. The number of thiophene rings is 1. The van der Waals surface area contributed by atoms with E-state index >= 15 is 0 Å². The Morgan fingerprint density at radius 2 is 1.12 bits per heavy atom. The molecule has 0 N–H and O–H groups in total. The van der Waals surface area contributed by atoms with Crippen molar-refractivity contribution in [1.82, 2.24) is 0 Å². The van der Waals surface area contributed by atoms with E-state index in [2.05, 4.69) is 197 Å². The zero-order valence-corrected chi connectivity index (χ0v) is 30.7. The van der Waals surface area contributed by atoms with Crippen LogP contribution in [0.4, 0.5) is 17.1 Å². The Hall–Kier alpha value is -5.44. The first-order chi connectivity index (χ1) is 24.7. The number of nitrogens with zero attached hydrogens (tertiary/aromatic N) is 1. The lowest BCUT2D eigenvalue weighted by Crippen LogP contribution is -2.20. The highest BCUT2D eigenvalue weighted by Gasteiger charge is 2.36. The van der Waals surface area contributed by atoms with E-state index < -0.39 is 0 Å². The minimum absolute atomic E-state index is 0.0928. The van der Waals surface area contributed by atoms with Crippen LogP contribution in [0.1, 0.15) is 51.3 Å². The molecule has 1 aromatic heterocycles. The highest BCUT2D eigenvalue weighted by molar-refractivity contribution is 7.26. The lowest BCUT2D eigenvalue weighted by atomic mass is 9.82. The lowest BCUT2D eigenvalue weighted by molar-refractivity contribution is 0.591. The summed E-state index contributed by atoms with van der Waals surface area (Å²) in [6, 6.07) is 58.5. The quantitative estimate of drug-likeness (QED) is 0.175. The second-order valence-electron chi connectivity index (χ2n) is 15.4. The molecule has 248 valence electrons. The standard InChI is InChI=1S/C49H41NS/c1-48(2,3)44-30-34(37-18-13-19-41-40-17-10-12-21-46(40)51-47(37)41)24-29-45(44)50(35-25-22-33(23-26-35)32-14-7-6-8-15-32)36-27-28-39-38-16-9-11-20-42(38)49(4,5)43(39)31-36/h6-31H,1-5H3. The largest absolute Gasteiger partial charge is 0.310 e. The van der Waals surface area contributed by atoms with E-state index in [0.717, 1.165) is 5.69 Å². The van der Waals surface area contributed by atoms with Gasteiger partial charge in [0, 0.05) is 42.6 Å². The molecule has 0 fully saturated rings. The lowest BCUT2D eigenvalue weighted by Gasteiger charge is -2.33. The average molecular weight is 676 g/mol. The topological polar surface area (TPSA) is 3.24 Å². The summed E-state index contributed by atoms with van der Waals surface area (Å²) in [5.41, 5.74) is 15.1. The first-order valence-corrected chi connectivity index (χ1v) is 18.8. The van der Waals surface area contributed by atoms with Crippen LogP contribution in [-0.2, 0) is 10.8 Å². The maximum Gasteiger partial charge on any atom is 0.0499 e. The first kappa shape index (κ1) is 31.5. The summed E-state index contributed by atoms with van der Waals surface area (Å²) >= 11 is 1.90. The van der Waals surface area contributed by atoms with E-state index in [1.807, 2.05) is 11.3 Å². The zero-order chi connectivity index (χ0) is 34.9. The third-order valence-corrected chi connectivity index (χ3v) is 12.0. The Morgan fingerprint density at radius 1 is 0.490 bits per heavy atom. The van der Waals surface area contributed by atoms with Gasteiger partial charge in [-0.05, 0) is 98.0 Å². The minimum Gasteiger partial charge on any atom is -0.310 e. The van der Waals surface area contributed by atoms with Crippen LogP contribution in [0.25, 0.3) is 53.6 Å². The normalized spacial score (nSPS) is 13.4. The summed E-state index contributed by atoms with van der Waals surface area (Å²) in [6.45, 7) is 11.8. The number of hydrogen-bond donors (Lipinski definition) is 0. The summed E-state index contributed by atoms with van der Waals surface area (Å²) in [5.74, 6) is 0. The maximum atomic E-state index is 2.48. The summed E-state index contributed by atoms with van der Waals surface area (Å²) in [4.78, 5) is 2.48. The zero-order valence-electron chi connectivity index (χ0n) is 29.9. The van der Waals surface area contributed by atoms with E-state index in [-0.39, 0.29) is 10.8 Å². The van der Waals surface area contributed by atoms with Gasteiger partial charge >= 0.3 is 0 Å². The molecule has 1 heterocycles. The summed E-state index contributed by atoms with van der Waals surface area (Å²) in [6.07, 6.45) is 0. The number of fused-ring (bicyclic) bond motifs is 6. The van der Waals surface area contributed by atoms with E-state index in [9.17, 15) is 0 Å². The molecule has 0 atom stereocenters. The van der Waals surface area contributed by atoms with Gasteiger partial charge in [0.1, 0.15) is 0 Å². The molecule has 7 aromatic carbocycles. The van der Waals surface area contributed by atoms with Gasteiger partial charge in [-0.3, -0.25) is 0 Å². The molecule has 9 rings (SSSR count). The van der Waals surface area contributed by atoms with Crippen molar-refractivity contribution < 1.29 is 0 Å². The van der Waals surface area contributed by atoms with E-state index in [1.165, 1.54) is 81.6 Å². The predicted octanol–water partition coefficient (Wildman–Crippen LogP) is 14.5. The fourth-order valence-corrected chi connectivity index (χ4v) is 9.40. The van der Waals surface area contributed by atoms with Crippen molar-refractivity contribution in [3.8, 4) is 33.4 Å². The minimum atomic E-state index is -0.117. The summed E-state index contributed by atoms with van der Waals surface area (Å²) in [5, 5.41) is 2.66. The molecule has 0 spiro atoms. The van der Waals surface area contributed by atoms with E-state index in [4.69, 9.17) is 0 Å². The molecule has 0 radical (unpaired) electrons. The SMILES string of the molecule is CC(C)(C)c1cc(-c2cccc3c2sc2ccccc23)ccc1N(c1ccc(-c2ccccc2)cc1)c1ccc2c(c1)C(C)(C)c1ccccc1-2. The molecule has 8 aromatic rings. The number of rotatable bonds is 5. The smallest absolute Gasteiger partial charge is 0.0499 e. The van der Waals surface area contributed by atoms with Crippen LogP contribution in [0.15, 0.2) is 158 Å². The van der Waals surface area contributed by atoms with Gasteiger partial charge in [0.25, 0.3) is 0 Å². The van der Waals surface area contributed by atoms with Gasteiger partial charge in [-0.2, -0.15) is 0 Å².